The molecule has 0 spiro atoms. The molecule has 3 heterocycles. The molecule has 2 aromatic heterocycles. The molecule has 166 valence electrons. The minimum Gasteiger partial charge on any atom is -0.546 e. The van der Waals surface area contributed by atoms with E-state index in [2.05, 4.69) is 70.2 Å². The lowest BCUT2D eigenvalue weighted by atomic mass is 9.86. The van der Waals surface area contributed by atoms with Crippen LogP contribution in [0.25, 0.3) is 27.6 Å². The molecule has 1 aliphatic rings. The molecular weight excluding hydrogens is 451 g/mol. The molecule has 0 atom stereocenters. The largest absolute Gasteiger partial charge is 0.546 e. The predicted octanol–water partition coefficient (Wildman–Crippen LogP) is 6.85. The third kappa shape index (κ3) is 3.54. The lowest BCUT2D eigenvalue weighted by Crippen LogP contribution is -2.30. The van der Waals surface area contributed by atoms with Crippen LogP contribution < -0.4 is 14.9 Å². The van der Waals surface area contributed by atoms with Crippen LogP contribution in [0.3, 0.4) is 0 Å². The number of ether oxygens (including phenoxy) is 1. The molecule has 1 aliphatic heterocycles. The summed E-state index contributed by atoms with van der Waals surface area (Å²) in [5, 5.41) is 2.32. The van der Waals surface area contributed by atoms with Crippen LogP contribution in [0.2, 0.25) is 0 Å². The Balaban J connectivity index is 1.22. The summed E-state index contributed by atoms with van der Waals surface area (Å²) in [4.78, 5) is 5.85. The molecule has 0 aliphatic carbocycles. The summed E-state index contributed by atoms with van der Waals surface area (Å²) in [6.07, 6.45) is 1.76. The van der Waals surface area contributed by atoms with Gasteiger partial charge in [-0.25, -0.2) is 4.98 Å². The Hall–Kier alpha value is -4.16. The number of fused-ring (bicyclic) bond motifs is 4. The van der Waals surface area contributed by atoms with E-state index in [9.17, 15) is 0 Å². The first kappa shape index (κ1) is 20.2. The lowest BCUT2D eigenvalue weighted by Gasteiger charge is -2.12. The monoisotopic (exact) mass is 470 g/mol. The molecule has 0 bridgehead atoms. The Bertz CT molecular complexity index is 1640. The van der Waals surface area contributed by atoms with Gasteiger partial charge >= 0.3 is 6.19 Å². The van der Waals surface area contributed by atoms with E-state index in [1.165, 1.54) is 5.39 Å². The molecule has 6 heteroatoms. The predicted molar refractivity (Wildman–Crippen MR) is 143 cm³/mol. The Kier molecular flexibility index (Phi) is 4.77. The topological polar surface area (TPSA) is 36.3 Å². The van der Waals surface area contributed by atoms with Gasteiger partial charge in [0.15, 0.2) is 0 Å². The van der Waals surface area contributed by atoms with Gasteiger partial charge in [0.1, 0.15) is 22.9 Å². The molecule has 0 fully saturated rings. The number of pyridine rings is 1. The van der Waals surface area contributed by atoms with Crippen molar-refractivity contribution >= 4 is 45.2 Å². The first-order valence-corrected chi connectivity index (χ1v) is 12.4. The van der Waals surface area contributed by atoms with Crippen LogP contribution in [-0.4, -0.2) is 15.7 Å². The van der Waals surface area contributed by atoms with Gasteiger partial charge in [0.05, 0.1) is 11.2 Å². The summed E-state index contributed by atoms with van der Waals surface area (Å²) in [5.74, 6) is 2.48. The quantitative estimate of drug-likeness (QED) is 0.264. The lowest BCUT2D eigenvalue weighted by molar-refractivity contribution is 0.483. The van der Waals surface area contributed by atoms with Crippen molar-refractivity contribution in [3.8, 4) is 22.9 Å². The Morgan fingerprint density at radius 2 is 1.54 bits per heavy atom. The first-order valence-electron chi connectivity index (χ1n) is 11.5. The van der Waals surface area contributed by atoms with Crippen LogP contribution in [0.1, 0.15) is 0 Å². The first-order chi connectivity index (χ1) is 17.3. The van der Waals surface area contributed by atoms with E-state index in [0.29, 0.717) is 0 Å². The minimum atomic E-state index is -0.0778. The van der Waals surface area contributed by atoms with Crippen molar-refractivity contribution in [2.75, 3.05) is 0 Å². The SMILES string of the molecule is c1cc(Oc2cccc(-n3c4ccccc4c4cccnc43)c2)cc(B2Oc3ccccc3S2)c1. The maximum atomic E-state index is 6.32. The summed E-state index contributed by atoms with van der Waals surface area (Å²) in [6.45, 7) is 0. The highest BCUT2D eigenvalue weighted by atomic mass is 32.2. The van der Waals surface area contributed by atoms with Gasteiger partial charge in [-0.1, -0.05) is 48.5 Å². The average molecular weight is 470 g/mol. The van der Waals surface area contributed by atoms with Crippen LogP contribution in [0.5, 0.6) is 17.2 Å². The van der Waals surface area contributed by atoms with E-state index < -0.39 is 0 Å². The van der Waals surface area contributed by atoms with Crippen LogP contribution in [0, 0.1) is 0 Å². The average Bonchev–Trinajstić information content (AvgIpc) is 3.49. The highest BCUT2D eigenvalue weighted by Gasteiger charge is 2.31. The van der Waals surface area contributed by atoms with Gasteiger partial charge in [-0.2, -0.15) is 0 Å². The van der Waals surface area contributed by atoms with Crippen molar-refractivity contribution in [2.45, 2.75) is 4.90 Å². The molecule has 35 heavy (non-hydrogen) atoms. The zero-order valence-electron chi connectivity index (χ0n) is 18.7. The number of rotatable bonds is 4. The molecule has 4 aromatic carbocycles. The van der Waals surface area contributed by atoms with Crippen molar-refractivity contribution in [2.24, 2.45) is 0 Å². The molecule has 0 saturated carbocycles. The second-order valence-corrected chi connectivity index (χ2v) is 9.52. The summed E-state index contributed by atoms with van der Waals surface area (Å²) in [5.41, 5.74) is 4.14. The third-order valence-electron chi connectivity index (χ3n) is 6.19. The van der Waals surface area contributed by atoms with E-state index in [1.807, 2.05) is 54.7 Å². The molecule has 7 rings (SSSR count). The van der Waals surface area contributed by atoms with Crippen molar-refractivity contribution < 1.29 is 9.39 Å². The fourth-order valence-corrected chi connectivity index (χ4v) is 5.69. The maximum absolute atomic E-state index is 6.32. The number of nitrogens with zero attached hydrogens (tertiary/aromatic N) is 2. The highest BCUT2D eigenvalue weighted by molar-refractivity contribution is 8.26. The number of hydrogen-bond acceptors (Lipinski definition) is 4. The summed E-state index contributed by atoms with van der Waals surface area (Å²) < 4.78 is 14.7. The number of aromatic nitrogens is 2. The van der Waals surface area contributed by atoms with Gasteiger partial charge in [0, 0.05) is 27.9 Å². The third-order valence-corrected chi connectivity index (χ3v) is 7.37. The van der Waals surface area contributed by atoms with Crippen molar-refractivity contribution in [1.29, 1.82) is 0 Å². The second kappa shape index (κ2) is 8.26. The van der Waals surface area contributed by atoms with Crippen LogP contribution in [0.15, 0.2) is 120 Å². The Morgan fingerprint density at radius 3 is 2.49 bits per heavy atom. The number of hydrogen-bond donors (Lipinski definition) is 0. The van der Waals surface area contributed by atoms with Gasteiger partial charge in [-0.15, -0.1) is 11.6 Å². The zero-order valence-corrected chi connectivity index (χ0v) is 19.5. The molecule has 0 unspecified atom stereocenters. The van der Waals surface area contributed by atoms with Gasteiger partial charge in [0.2, 0.25) is 0 Å². The second-order valence-electron chi connectivity index (χ2n) is 8.41. The van der Waals surface area contributed by atoms with Crippen molar-refractivity contribution in [1.82, 2.24) is 9.55 Å². The molecule has 0 N–H and O–H groups in total. The Labute approximate surface area is 207 Å². The molecule has 0 radical (unpaired) electrons. The molecule has 4 nitrogen and oxygen atoms in total. The Morgan fingerprint density at radius 1 is 0.743 bits per heavy atom. The molecular formula is C29H19BN2O2S. The molecule has 0 saturated heterocycles. The van der Waals surface area contributed by atoms with Gasteiger partial charge < -0.3 is 9.39 Å². The summed E-state index contributed by atoms with van der Waals surface area (Å²) >= 11 is 1.72. The zero-order chi connectivity index (χ0) is 23.2. The van der Waals surface area contributed by atoms with Crippen molar-refractivity contribution in [3.63, 3.8) is 0 Å². The van der Waals surface area contributed by atoms with Gasteiger partial charge in [-0.3, -0.25) is 4.57 Å². The smallest absolute Gasteiger partial charge is 0.467 e. The number of benzene rings is 4. The molecule has 0 amide bonds. The van der Waals surface area contributed by atoms with E-state index in [1.54, 1.807) is 11.6 Å². The number of para-hydroxylation sites is 2. The fraction of sp³-hybridized carbons (Fsp3) is 0. The van der Waals surface area contributed by atoms with E-state index >= 15 is 0 Å². The van der Waals surface area contributed by atoms with Crippen LogP contribution in [-0.2, 0) is 0 Å². The van der Waals surface area contributed by atoms with Crippen molar-refractivity contribution in [3.05, 3.63) is 115 Å². The van der Waals surface area contributed by atoms with Gasteiger partial charge in [-0.05, 0) is 60.1 Å². The highest BCUT2D eigenvalue weighted by Crippen LogP contribution is 2.38. The van der Waals surface area contributed by atoms with E-state index in [-0.39, 0.29) is 6.19 Å². The van der Waals surface area contributed by atoms with Gasteiger partial charge in [0.25, 0.3) is 0 Å². The summed E-state index contributed by atoms with van der Waals surface area (Å²) in [7, 11) is 0. The normalized spacial score (nSPS) is 12.6. The van der Waals surface area contributed by atoms with E-state index in [0.717, 1.165) is 49.8 Å². The molecule has 6 aromatic rings. The van der Waals surface area contributed by atoms with Crippen LogP contribution >= 0.6 is 11.6 Å². The minimum absolute atomic E-state index is 0.0778. The summed E-state index contributed by atoms with van der Waals surface area (Å²) in [6, 6.07) is 36.9. The van der Waals surface area contributed by atoms with Crippen LogP contribution in [0.4, 0.5) is 0 Å². The fourth-order valence-electron chi connectivity index (χ4n) is 4.64. The standard InChI is InChI=1S/C29H19BN2O2S/c1-2-14-26-24(12-1)25-13-7-17-31-29(25)32(26)21-9-6-11-23(19-21)33-22-10-5-8-20(18-22)30-34-27-15-3-4-16-28(27)35-30/h1-19H. The maximum Gasteiger partial charge on any atom is 0.467 e. The van der Waals surface area contributed by atoms with E-state index in [4.69, 9.17) is 9.39 Å².